The van der Waals surface area contributed by atoms with E-state index in [4.69, 9.17) is 4.74 Å². The van der Waals surface area contributed by atoms with Crippen LogP contribution in [0.2, 0.25) is 0 Å². The summed E-state index contributed by atoms with van der Waals surface area (Å²) in [5, 5.41) is 5.28. The van der Waals surface area contributed by atoms with E-state index in [-0.39, 0.29) is 23.2 Å². The van der Waals surface area contributed by atoms with E-state index in [2.05, 4.69) is 10.6 Å². The van der Waals surface area contributed by atoms with Gasteiger partial charge in [-0.2, -0.15) is 13.2 Å². The van der Waals surface area contributed by atoms with Gasteiger partial charge in [0, 0.05) is 17.1 Å². The third-order valence-electron chi connectivity index (χ3n) is 8.05. The van der Waals surface area contributed by atoms with Crippen molar-refractivity contribution in [1.29, 1.82) is 0 Å². The molecule has 2 atom stereocenters. The summed E-state index contributed by atoms with van der Waals surface area (Å²) >= 11 is 0. The number of para-hydroxylation sites is 1. The lowest BCUT2D eigenvalue weighted by Crippen LogP contribution is -2.47. The number of nitrogens with one attached hydrogen (secondary N) is 2. The SMILES string of the molecule is Cc1ccc(NC(=O)C2Cc3ccccc3N(C(=O)c3c(C)cccc3F)[C@H]2c2ccc(NC(=O)OC(C)(C)C)cc2)cc1C(F)(F)F. The van der Waals surface area contributed by atoms with Crippen LogP contribution in [0.1, 0.15) is 65.0 Å². The number of alkyl halides is 3. The number of benzene rings is 4. The minimum atomic E-state index is -4.63. The highest BCUT2D eigenvalue weighted by Crippen LogP contribution is 2.44. The zero-order valence-electron chi connectivity index (χ0n) is 27.0. The van der Waals surface area contributed by atoms with Crippen LogP contribution in [-0.4, -0.2) is 23.5 Å². The molecule has 1 unspecified atom stereocenters. The van der Waals surface area contributed by atoms with E-state index in [0.29, 0.717) is 28.1 Å². The van der Waals surface area contributed by atoms with Crippen LogP contribution >= 0.6 is 0 Å². The van der Waals surface area contributed by atoms with Crippen LogP contribution in [0.3, 0.4) is 0 Å². The molecular formula is C37H35F4N3O4. The van der Waals surface area contributed by atoms with E-state index >= 15 is 4.39 Å². The minimum absolute atomic E-state index is 0.00193. The predicted octanol–water partition coefficient (Wildman–Crippen LogP) is 9.01. The maximum absolute atomic E-state index is 15.3. The first-order valence-electron chi connectivity index (χ1n) is 15.3. The second-order valence-corrected chi connectivity index (χ2v) is 12.8. The van der Waals surface area contributed by atoms with Gasteiger partial charge in [-0.1, -0.05) is 48.5 Å². The zero-order chi connectivity index (χ0) is 35.0. The van der Waals surface area contributed by atoms with Crippen molar-refractivity contribution >= 4 is 35.0 Å². The molecule has 2 N–H and O–H groups in total. The van der Waals surface area contributed by atoms with Crippen molar-refractivity contribution in [1.82, 2.24) is 0 Å². The van der Waals surface area contributed by atoms with Gasteiger partial charge in [0.25, 0.3) is 5.91 Å². The summed E-state index contributed by atoms with van der Waals surface area (Å²) in [6.45, 7) is 8.12. The Labute approximate surface area is 275 Å². The summed E-state index contributed by atoms with van der Waals surface area (Å²) in [4.78, 5) is 42.3. The summed E-state index contributed by atoms with van der Waals surface area (Å²) in [7, 11) is 0. The average molecular weight is 662 g/mol. The number of carbonyl (C=O) groups is 3. The van der Waals surface area contributed by atoms with Gasteiger partial charge < -0.3 is 10.1 Å². The zero-order valence-corrected chi connectivity index (χ0v) is 27.0. The van der Waals surface area contributed by atoms with E-state index in [0.717, 1.165) is 6.07 Å². The van der Waals surface area contributed by atoms with Crippen molar-refractivity contribution in [2.75, 3.05) is 15.5 Å². The Morgan fingerprint density at radius 1 is 0.812 bits per heavy atom. The molecule has 0 aliphatic carbocycles. The number of ether oxygens (including phenoxy) is 1. The first-order chi connectivity index (χ1) is 22.5. The molecule has 4 aromatic rings. The van der Waals surface area contributed by atoms with Crippen LogP contribution in [-0.2, 0) is 22.1 Å². The molecule has 1 aliphatic rings. The summed E-state index contributed by atoms with van der Waals surface area (Å²) in [5.41, 5.74) is 0.486. The van der Waals surface area contributed by atoms with E-state index in [1.165, 1.54) is 36.1 Å². The summed E-state index contributed by atoms with van der Waals surface area (Å²) in [6, 6.07) is 20.2. The largest absolute Gasteiger partial charge is 0.444 e. The number of nitrogens with zero attached hydrogens (tertiary/aromatic N) is 1. The summed E-state index contributed by atoms with van der Waals surface area (Å²) < 4.78 is 61.7. The lowest BCUT2D eigenvalue weighted by atomic mass is 9.80. The maximum Gasteiger partial charge on any atom is 0.416 e. The van der Waals surface area contributed by atoms with Crippen LogP contribution in [0.25, 0.3) is 0 Å². The molecule has 0 saturated carbocycles. The number of amides is 3. The second-order valence-electron chi connectivity index (χ2n) is 12.8. The molecular weight excluding hydrogens is 626 g/mol. The van der Waals surface area contributed by atoms with Gasteiger partial charge in [0.1, 0.15) is 11.4 Å². The molecule has 0 radical (unpaired) electrons. The van der Waals surface area contributed by atoms with E-state index in [1.807, 2.05) is 0 Å². The molecule has 5 rings (SSSR count). The Balaban J connectivity index is 1.60. The third-order valence-corrected chi connectivity index (χ3v) is 8.05. The van der Waals surface area contributed by atoms with Gasteiger partial charge in [0.15, 0.2) is 0 Å². The minimum Gasteiger partial charge on any atom is -0.444 e. The van der Waals surface area contributed by atoms with E-state index < -0.39 is 53.0 Å². The third kappa shape index (κ3) is 7.35. The smallest absolute Gasteiger partial charge is 0.416 e. The van der Waals surface area contributed by atoms with Crippen molar-refractivity contribution in [2.24, 2.45) is 5.92 Å². The molecule has 0 fully saturated rings. The molecule has 1 aliphatic heterocycles. The number of halogens is 4. The Morgan fingerprint density at radius 2 is 1.48 bits per heavy atom. The van der Waals surface area contributed by atoms with Crippen molar-refractivity contribution in [2.45, 2.75) is 58.9 Å². The number of aryl methyl sites for hydroxylation is 2. The Kier molecular flexibility index (Phi) is 9.35. The second kappa shape index (κ2) is 13.1. The highest BCUT2D eigenvalue weighted by molar-refractivity contribution is 6.09. The summed E-state index contributed by atoms with van der Waals surface area (Å²) in [5.74, 6) is -3.08. The molecule has 48 heavy (non-hydrogen) atoms. The van der Waals surface area contributed by atoms with Gasteiger partial charge in [0.2, 0.25) is 5.91 Å². The number of rotatable bonds is 5. The first-order valence-corrected chi connectivity index (χ1v) is 15.3. The van der Waals surface area contributed by atoms with Gasteiger partial charge in [0.05, 0.1) is 23.1 Å². The van der Waals surface area contributed by atoms with E-state index in [9.17, 15) is 27.6 Å². The Hall–Kier alpha value is -5.19. The Morgan fingerprint density at radius 3 is 2.12 bits per heavy atom. The van der Waals surface area contributed by atoms with Crippen molar-refractivity contribution in [3.63, 3.8) is 0 Å². The van der Waals surface area contributed by atoms with Crippen LogP contribution < -0.4 is 15.5 Å². The van der Waals surface area contributed by atoms with Crippen LogP contribution in [0.5, 0.6) is 0 Å². The number of anilines is 3. The number of hydrogen-bond acceptors (Lipinski definition) is 4. The molecule has 11 heteroatoms. The highest BCUT2D eigenvalue weighted by atomic mass is 19.4. The first kappa shape index (κ1) is 34.2. The number of carbonyl (C=O) groups excluding carboxylic acids is 3. The monoisotopic (exact) mass is 661 g/mol. The van der Waals surface area contributed by atoms with Crippen molar-refractivity contribution in [3.05, 3.63) is 124 Å². The molecule has 7 nitrogen and oxygen atoms in total. The molecule has 0 aromatic heterocycles. The fourth-order valence-corrected chi connectivity index (χ4v) is 5.90. The van der Waals surface area contributed by atoms with Crippen molar-refractivity contribution in [3.8, 4) is 0 Å². The van der Waals surface area contributed by atoms with Gasteiger partial charge in [-0.15, -0.1) is 0 Å². The van der Waals surface area contributed by atoms with Crippen LogP contribution in [0, 0.1) is 25.6 Å². The van der Waals surface area contributed by atoms with Gasteiger partial charge in [-0.3, -0.25) is 19.8 Å². The predicted molar refractivity (Wildman–Crippen MR) is 175 cm³/mol. The highest BCUT2D eigenvalue weighted by Gasteiger charge is 2.43. The van der Waals surface area contributed by atoms with Gasteiger partial charge in [-0.05, 0) is 99.7 Å². The fourth-order valence-electron chi connectivity index (χ4n) is 5.90. The lowest BCUT2D eigenvalue weighted by molar-refractivity contribution is -0.138. The number of fused-ring (bicyclic) bond motifs is 1. The van der Waals surface area contributed by atoms with Crippen LogP contribution in [0.15, 0.2) is 84.9 Å². The number of hydrogen-bond donors (Lipinski definition) is 2. The quantitative estimate of drug-likeness (QED) is 0.209. The molecule has 0 saturated heterocycles. The molecule has 0 bridgehead atoms. The maximum atomic E-state index is 15.3. The van der Waals surface area contributed by atoms with Crippen LogP contribution in [0.4, 0.5) is 39.4 Å². The average Bonchev–Trinajstić information content (AvgIpc) is 2.99. The van der Waals surface area contributed by atoms with Gasteiger partial charge >= 0.3 is 12.3 Å². The normalized spacial score (nSPS) is 16.1. The summed E-state index contributed by atoms with van der Waals surface area (Å²) in [6.07, 6.45) is -5.18. The molecule has 250 valence electrons. The fraction of sp³-hybridized carbons (Fsp3) is 0.270. The van der Waals surface area contributed by atoms with Crippen molar-refractivity contribution < 1.29 is 36.7 Å². The Bertz CT molecular complexity index is 1850. The standard InChI is InChI=1S/C37H35F4N3O4/c1-21-13-16-26(20-28(21)37(39,40)41)42-33(45)27-19-24-10-6-7-12-30(24)44(34(46)31-22(2)9-8-11-29(31)38)32(27)23-14-17-25(18-15-23)43-35(47)48-36(3,4)5/h6-18,20,27,32H,19H2,1-5H3,(H,42,45)(H,43,47)/t27?,32-/m0/s1. The topological polar surface area (TPSA) is 87.7 Å². The lowest BCUT2D eigenvalue weighted by Gasteiger charge is -2.42. The molecule has 4 aromatic carbocycles. The van der Waals surface area contributed by atoms with Gasteiger partial charge in [-0.25, -0.2) is 9.18 Å². The molecule has 0 spiro atoms. The molecule has 1 heterocycles. The van der Waals surface area contributed by atoms with E-state index in [1.54, 1.807) is 82.3 Å². The molecule has 3 amide bonds.